The van der Waals surface area contributed by atoms with E-state index in [1.807, 2.05) is 11.4 Å². The number of aromatic nitrogens is 1. The zero-order valence-electron chi connectivity index (χ0n) is 12.4. The van der Waals surface area contributed by atoms with Crippen molar-refractivity contribution in [3.05, 3.63) is 58.1 Å². The SMILES string of the molecule is Cc1ccc([C@H]2Cc3nc4ccsc4c(N)c3[C@@H](O)C2)cc1. The van der Waals surface area contributed by atoms with Gasteiger partial charge in [0, 0.05) is 11.3 Å². The molecule has 0 bridgehead atoms. The predicted octanol–water partition coefficient (Wildman–Crippen LogP) is 3.95. The second-order valence-electron chi connectivity index (χ2n) is 6.08. The molecule has 1 aliphatic rings. The van der Waals surface area contributed by atoms with Gasteiger partial charge in [0.15, 0.2) is 0 Å². The minimum Gasteiger partial charge on any atom is -0.397 e. The second-order valence-corrected chi connectivity index (χ2v) is 7.00. The fraction of sp³-hybridized carbons (Fsp3) is 0.278. The highest BCUT2D eigenvalue weighted by Crippen LogP contribution is 2.43. The van der Waals surface area contributed by atoms with Gasteiger partial charge in [0.1, 0.15) is 0 Å². The lowest BCUT2D eigenvalue weighted by atomic mass is 9.80. The van der Waals surface area contributed by atoms with Crippen LogP contribution in [-0.4, -0.2) is 10.1 Å². The number of nitrogens with two attached hydrogens (primary N) is 1. The molecule has 0 unspecified atom stereocenters. The van der Waals surface area contributed by atoms with Crippen LogP contribution in [0, 0.1) is 6.92 Å². The van der Waals surface area contributed by atoms with E-state index < -0.39 is 6.10 Å². The van der Waals surface area contributed by atoms with Crippen molar-refractivity contribution in [2.45, 2.75) is 31.8 Å². The normalized spacial score (nSPS) is 21.0. The highest BCUT2D eigenvalue weighted by atomic mass is 32.1. The maximum absolute atomic E-state index is 10.6. The fourth-order valence-corrected chi connectivity index (χ4v) is 4.20. The van der Waals surface area contributed by atoms with Crippen molar-refractivity contribution in [1.29, 1.82) is 0 Å². The number of aliphatic hydroxyl groups excluding tert-OH is 1. The summed E-state index contributed by atoms with van der Waals surface area (Å²) >= 11 is 1.59. The number of benzene rings is 1. The van der Waals surface area contributed by atoms with E-state index >= 15 is 0 Å². The van der Waals surface area contributed by atoms with Gasteiger partial charge in [-0.15, -0.1) is 11.3 Å². The van der Waals surface area contributed by atoms with Crippen LogP contribution in [0.1, 0.15) is 40.8 Å². The Hall–Kier alpha value is -1.91. The molecule has 0 spiro atoms. The van der Waals surface area contributed by atoms with E-state index in [0.717, 1.165) is 27.9 Å². The highest BCUT2D eigenvalue weighted by molar-refractivity contribution is 7.17. The van der Waals surface area contributed by atoms with Crippen LogP contribution in [0.3, 0.4) is 0 Å². The third-order valence-electron chi connectivity index (χ3n) is 4.58. The minimum atomic E-state index is -0.533. The molecule has 0 amide bonds. The lowest BCUT2D eigenvalue weighted by molar-refractivity contribution is 0.147. The molecule has 1 aliphatic carbocycles. The first kappa shape index (κ1) is 13.7. The van der Waals surface area contributed by atoms with Gasteiger partial charge in [-0.3, -0.25) is 4.98 Å². The van der Waals surface area contributed by atoms with Gasteiger partial charge in [-0.1, -0.05) is 29.8 Å². The maximum Gasteiger partial charge on any atom is 0.0834 e. The lowest BCUT2D eigenvalue weighted by Gasteiger charge is -2.29. The molecule has 4 heteroatoms. The van der Waals surface area contributed by atoms with Gasteiger partial charge < -0.3 is 10.8 Å². The van der Waals surface area contributed by atoms with Crippen LogP contribution >= 0.6 is 11.3 Å². The van der Waals surface area contributed by atoms with Crippen LogP contribution in [0.5, 0.6) is 0 Å². The average Bonchev–Trinajstić information content (AvgIpc) is 2.96. The van der Waals surface area contributed by atoms with Crippen LogP contribution in [0.4, 0.5) is 5.69 Å². The fourth-order valence-electron chi connectivity index (χ4n) is 3.40. The van der Waals surface area contributed by atoms with Gasteiger partial charge in [-0.2, -0.15) is 0 Å². The minimum absolute atomic E-state index is 0.297. The molecule has 2 atom stereocenters. The Bertz CT molecular complexity index is 838. The van der Waals surface area contributed by atoms with Crippen LogP contribution in [0.15, 0.2) is 35.7 Å². The lowest BCUT2D eigenvalue weighted by Crippen LogP contribution is -2.20. The number of nitrogen functional groups attached to an aromatic ring is 1. The first-order valence-corrected chi connectivity index (χ1v) is 8.41. The summed E-state index contributed by atoms with van der Waals surface area (Å²) in [5.74, 6) is 0.297. The third-order valence-corrected chi connectivity index (χ3v) is 5.51. The average molecular weight is 310 g/mol. The topological polar surface area (TPSA) is 59.1 Å². The van der Waals surface area contributed by atoms with Crippen LogP contribution in [0.25, 0.3) is 10.2 Å². The van der Waals surface area contributed by atoms with Crippen molar-refractivity contribution in [2.24, 2.45) is 0 Å². The van der Waals surface area contributed by atoms with Gasteiger partial charge in [-0.05, 0) is 42.7 Å². The van der Waals surface area contributed by atoms with E-state index in [4.69, 9.17) is 10.7 Å². The van der Waals surface area contributed by atoms with Crippen molar-refractivity contribution in [3.8, 4) is 0 Å². The van der Waals surface area contributed by atoms with Crippen molar-refractivity contribution in [2.75, 3.05) is 5.73 Å². The van der Waals surface area contributed by atoms with E-state index in [-0.39, 0.29) is 0 Å². The highest BCUT2D eigenvalue weighted by Gasteiger charge is 2.30. The van der Waals surface area contributed by atoms with E-state index in [0.29, 0.717) is 18.0 Å². The Balaban J connectivity index is 1.79. The molecule has 3 N–H and O–H groups in total. The van der Waals surface area contributed by atoms with Crippen LogP contribution in [-0.2, 0) is 6.42 Å². The number of anilines is 1. The van der Waals surface area contributed by atoms with E-state index in [1.54, 1.807) is 11.3 Å². The molecule has 3 nitrogen and oxygen atoms in total. The molecule has 0 aliphatic heterocycles. The number of hydrogen-bond acceptors (Lipinski definition) is 4. The molecule has 2 heterocycles. The number of rotatable bonds is 1. The Morgan fingerprint density at radius 3 is 2.77 bits per heavy atom. The largest absolute Gasteiger partial charge is 0.397 e. The summed E-state index contributed by atoms with van der Waals surface area (Å²) in [5, 5.41) is 12.6. The molecule has 0 fully saturated rings. The monoisotopic (exact) mass is 310 g/mol. The molecule has 4 rings (SSSR count). The number of aliphatic hydroxyl groups is 1. The van der Waals surface area contributed by atoms with Crippen molar-refractivity contribution in [3.63, 3.8) is 0 Å². The number of fused-ring (bicyclic) bond motifs is 2. The molecule has 0 saturated carbocycles. The summed E-state index contributed by atoms with van der Waals surface area (Å²) < 4.78 is 0.992. The van der Waals surface area contributed by atoms with Gasteiger partial charge in [-0.25, -0.2) is 0 Å². The molecule has 22 heavy (non-hydrogen) atoms. The van der Waals surface area contributed by atoms with Gasteiger partial charge in [0.2, 0.25) is 0 Å². The summed E-state index contributed by atoms with van der Waals surface area (Å²) in [7, 11) is 0. The zero-order valence-corrected chi connectivity index (χ0v) is 13.2. The Morgan fingerprint density at radius 1 is 1.23 bits per heavy atom. The number of nitrogens with zero attached hydrogens (tertiary/aromatic N) is 1. The summed E-state index contributed by atoms with van der Waals surface area (Å²) in [6, 6.07) is 10.6. The number of hydrogen-bond donors (Lipinski definition) is 2. The number of thiophene rings is 1. The Labute approximate surface area is 133 Å². The van der Waals surface area contributed by atoms with Crippen molar-refractivity contribution in [1.82, 2.24) is 4.98 Å². The first-order chi connectivity index (χ1) is 10.6. The molecule has 1 aromatic carbocycles. The standard InChI is InChI=1S/C18H18N2OS/c1-10-2-4-11(5-3-10)12-8-14-16(15(21)9-12)17(19)18-13(20-14)6-7-22-18/h2-7,12,15,21H,8-9H2,1H3,(H2,19,20)/t12-,15-/m0/s1. The first-order valence-electron chi connectivity index (χ1n) is 7.53. The molecular formula is C18H18N2OS. The summed E-state index contributed by atoms with van der Waals surface area (Å²) in [6.45, 7) is 2.09. The van der Waals surface area contributed by atoms with E-state index in [2.05, 4.69) is 31.2 Å². The second kappa shape index (κ2) is 5.07. The Kier molecular flexibility index (Phi) is 3.17. The van der Waals surface area contributed by atoms with Gasteiger partial charge >= 0.3 is 0 Å². The Morgan fingerprint density at radius 2 is 2.00 bits per heavy atom. The smallest absolute Gasteiger partial charge is 0.0834 e. The molecule has 112 valence electrons. The summed E-state index contributed by atoms with van der Waals surface area (Å²) in [4.78, 5) is 4.75. The predicted molar refractivity (Wildman–Crippen MR) is 91.2 cm³/mol. The quantitative estimate of drug-likeness (QED) is 0.715. The van der Waals surface area contributed by atoms with Crippen LogP contribution < -0.4 is 5.73 Å². The van der Waals surface area contributed by atoms with Crippen LogP contribution in [0.2, 0.25) is 0 Å². The molecule has 2 aromatic heterocycles. The summed E-state index contributed by atoms with van der Waals surface area (Å²) in [6.07, 6.45) is 1.01. The third kappa shape index (κ3) is 2.11. The van der Waals surface area contributed by atoms with E-state index in [1.165, 1.54) is 11.1 Å². The van der Waals surface area contributed by atoms with Crippen molar-refractivity contribution >= 4 is 27.2 Å². The molecule has 3 aromatic rings. The summed E-state index contributed by atoms with van der Waals surface area (Å²) in [5.41, 5.74) is 12.3. The van der Waals surface area contributed by atoms with Gasteiger partial charge in [0.25, 0.3) is 0 Å². The molecule has 0 radical (unpaired) electrons. The maximum atomic E-state index is 10.6. The number of aryl methyl sites for hydroxylation is 1. The van der Waals surface area contributed by atoms with Crippen molar-refractivity contribution < 1.29 is 5.11 Å². The number of pyridine rings is 1. The molecule has 0 saturated heterocycles. The zero-order chi connectivity index (χ0) is 15.3. The van der Waals surface area contributed by atoms with E-state index in [9.17, 15) is 5.11 Å². The van der Waals surface area contributed by atoms with Gasteiger partial charge in [0.05, 0.1) is 22.0 Å². The molecular weight excluding hydrogens is 292 g/mol.